The lowest BCUT2D eigenvalue weighted by molar-refractivity contribution is -0.117. The van der Waals surface area contributed by atoms with E-state index in [-0.39, 0.29) is 17.2 Å². The first-order chi connectivity index (χ1) is 8.98. The van der Waals surface area contributed by atoms with Gasteiger partial charge in [0.25, 0.3) is 0 Å². The number of nitrogens with one attached hydrogen (secondary N) is 1. The lowest BCUT2D eigenvalue weighted by Gasteiger charge is -2.32. The van der Waals surface area contributed by atoms with Gasteiger partial charge in [-0.15, -0.1) is 0 Å². The number of rotatable bonds is 3. The van der Waals surface area contributed by atoms with Gasteiger partial charge in [0.15, 0.2) is 0 Å². The minimum Gasteiger partial charge on any atom is -0.508 e. The molecule has 0 unspecified atom stereocenters. The van der Waals surface area contributed by atoms with Gasteiger partial charge < -0.3 is 16.2 Å². The van der Waals surface area contributed by atoms with Gasteiger partial charge in [-0.25, -0.2) is 0 Å². The van der Waals surface area contributed by atoms with E-state index in [2.05, 4.69) is 5.32 Å². The molecular formula is C15H22N2O2. The quantitative estimate of drug-likeness (QED) is 0.733. The molecule has 0 atom stereocenters. The van der Waals surface area contributed by atoms with Crippen LogP contribution in [0.1, 0.15) is 44.1 Å². The number of aromatic hydroxyl groups is 1. The molecule has 1 aromatic rings. The van der Waals surface area contributed by atoms with Crippen LogP contribution in [0.25, 0.3) is 0 Å². The average molecular weight is 262 g/mol. The van der Waals surface area contributed by atoms with Crippen molar-refractivity contribution in [2.24, 2.45) is 5.73 Å². The van der Waals surface area contributed by atoms with E-state index < -0.39 is 0 Å². The number of carbonyl (C=O) groups excluding carboxylic acids is 1. The first-order valence-corrected chi connectivity index (χ1v) is 6.87. The third kappa shape index (κ3) is 3.70. The number of aryl methyl sites for hydroxylation is 1. The lowest BCUT2D eigenvalue weighted by atomic mass is 9.80. The SMILES string of the molecule is Cc1cc(NC(=O)CC2(N)CCCCC2)ccc1O. The Morgan fingerprint density at radius 2 is 2.05 bits per heavy atom. The van der Waals surface area contributed by atoms with Gasteiger partial charge in [-0.1, -0.05) is 19.3 Å². The Labute approximate surface area is 114 Å². The van der Waals surface area contributed by atoms with Crippen LogP contribution in [-0.4, -0.2) is 16.6 Å². The molecule has 0 radical (unpaired) electrons. The van der Waals surface area contributed by atoms with Crippen molar-refractivity contribution in [3.05, 3.63) is 23.8 Å². The van der Waals surface area contributed by atoms with Crippen LogP contribution in [0, 0.1) is 6.92 Å². The lowest BCUT2D eigenvalue weighted by Crippen LogP contribution is -2.44. The summed E-state index contributed by atoms with van der Waals surface area (Å²) in [6.07, 6.45) is 5.67. The minimum atomic E-state index is -0.339. The Morgan fingerprint density at radius 3 is 2.68 bits per heavy atom. The highest BCUT2D eigenvalue weighted by molar-refractivity contribution is 5.91. The van der Waals surface area contributed by atoms with E-state index in [0.717, 1.165) is 31.2 Å². The zero-order chi connectivity index (χ0) is 13.9. The van der Waals surface area contributed by atoms with Crippen molar-refractivity contribution in [1.29, 1.82) is 0 Å². The molecule has 1 saturated carbocycles. The summed E-state index contributed by atoms with van der Waals surface area (Å²) in [6.45, 7) is 1.80. The molecule has 0 heterocycles. The van der Waals surface area contributed by atoms with Gasteiger partial charge in [-0.2, -0.15) is 0 Å². The molecule has 1 aromatic carbocycles. The fourth-order valence-electron chi connectivity index (χ4n) is 2.69. The predicted molar refractivity (Wildman–Crippen MR) is 76.1 cm³/mol. The van der Waals surface area contributed by atoms with Crippen LogP contribution in [0.2, 0.25) is 0 Å². The van der Waals surface area contributed by atoms with Crippen molar-refractivity contribution in [2.75, 3.05) is 5.32 Å². The molecule has 0 aromatic heterocycles. The van der Waals surface area contributed by atoms with Crippen molar-refractivity contribution in [3.8, 4) is 5.75 Å². The molecule has 1 fully saturated rings. The third-order valence-electron chi connectivity index (χ3n) is 3.84. The zero-order valence-electron chi connectivity index (χ0n) is 11.4. The number of nitrogens with two attached hydrogens (primary N) is 1. The first-order valence-electron chi connectivity index (χ1n) is 6.87. The van der Waals surface area contributed by atoms with E-state index in [9.17, 15) is 9.90 Å². The maximum absolute atomic E-state index is 12.0. The number of phenols is 1. The van der Waals surface area contributed by atoms with Crippen LogP contribution < -0.4 is 11.1 Å². The summed E-state index contributed by atoms with van der Waals surface area (Å²) in [5.74, 6) is 0.190. The monoisotopic (exact) mass is 262 g/mol. The van der Waals surface area contributed by atoms with Gasteiger partial charge in [0.1, 0.15) is 5.75 Å². The maximum atomic E-state index is 12.0. The van der Waals surface area contributed by atoms with Crippen molar-refractivity contribution < 1.29 is 9.90 Å². The second kappa shape index (κ2) is 5.61. The van der Waals surface area contributed by atoms with E-state index >= 15 is 0 Å². The highest BCUT2D eigenvalue weighted by Crippen LogP contribution is 2.29. The summed E-state index contributed by atoms with van der Waals surface area (Å²) in [5, 5.41) is 12.3. The van der Waals surface area contributed by atoms with Crippen LogP contribution in [-0.2, 0) is 4.79 Å². The highest BCUT2D eigenvalue weighted by Gasteiger charge is 2.29. The fourth-order valence-corrected chi connectivity index (χ4v) is 2.69. The molecule has 19 heavy (non-hydrogen) atoms. The van der Waals surface area contributed by atoms with E-state index in [0.29, 0.717) is 12.1 Å². The summed E-state index contributed by atoms with van der Waals surface area (Å²) in [5.41, 5.74) is 7.38. The first kappa shape index (κ1) is 13.9. The number of benzene rings is 1. The predicted octanol–water partition coefficient (Wildman–Crippen LogP) is 2.69. The van der Waals surface area contributed by atoms with Crippen LogP contribution in [0.5, 0.6) is 5.75 Å². The van der Waals surface area contributed by atoms with Gasteiger partial charge in [0.05, 0.1) is 0 Å². The Balaban J connectivity index is 1.95. The number of hydrogen-bond acceptors (Lipinski definition) is 3. The maximum Gasteiger partial charge on any atom is 0.226 e. The molecule has 1 amide bonds. The van der Waals surface area contributed by atoms with Gasteiger partial charge in [-0.05, 0) is 43.5 Å². The zero-order valence-corrected chi connectivity index (χ0v) is 11.4. The molecule has 2 rings (SSSR count). The summed E-state index contributed by atoms with van der Waals surface area (Å²) >= 11 is 0. The second-order valence-electron chi connectivity index (χ2n) is 5.65. The molecule has 4 nitrogen and oxygen atoms in total. The molecular weight excluding hydrogens is 240 g/mol. The third-order valence-corrected chi connectivity index (χ3v) is 3.84. The molecule has 1 aliphatic rings. The summed E-state index contributed by atoms with van der Waals surface area (Å²) in [6, 6.07) is 5.05. The van der Waals surface area contributed by atoms with E-state index in [1.54, 1.807) is 25.1 Å². The summed E-state index contributed by atoms with van der Waals surface area (Å²) in [4.78, 5) is 12.0. The van der Waals surface area contributed by atoms with Crippen molar-refractivity contribution in [2.45, 2.75) is 51.0 Å². The average Bonchev–Trinajstić information content (AvgIpc) is 2.34. The number of anilines is 1. The molecule has 0 saturated heterocycles. The van der Waals surface area contributed by atoms with Crippen LogP contribution in [0.15, 0.2) is 18.2 Å². The van der Waals surface area contributed by atoms with Crippen LogP contribution in [0.3, 0.4) is 0 Å². The summed E-state index contributed by atoms with van der Waals surface area (Å²) < 4.78 is 0. The van der Waals surface area contributed by atoms with Crippen LogP contribution >= 0.6 is 0 Å². The van der Waals surface area contributed by atoms with Crippen LogP contribution in [0.4, 0.5) is 5.69 Å². The highest BCUT2D eigenvalue weighted by atomic mass is 16.3. The number of amides is 1. The Kier molecular flexibility index (Phi) is 4.10. The van der Waals surface area contributed by atoms with Gasteiger partial charge in [-0.3, -0.25) is 4.79 Å². The second-order valence-corrected chi connectivity index (χ2v) is 5.65. The molecule has 4 N–H and O–H groups in total. The number of hydrogen-bond donors (Lipinski definition) is 3. The topological polar surface area (TPSA) is 75.4 Å². The number of phenolic OH excluding ortho intramolecular Hbond substituents is 1. The fraction of sp³-hybridized carbons (Fsp3) is 0.533. The smallest absolute Gasteiger partial charge is 0.226 e. The van der Waals surface area contributed by atoms with E-state index in [1.165, 1.54) is 6.42 Å². The molecule has 0 spiro atoms. The molecule has 4 heteroatoms. The molecule has 0 bridgehead atoms. The van der Waals surface area contributed by atoms with E-state index in [1.807, 2.05) is 0 Å². The van der Waals surface area contributed by atoms with Gasteiger partial charge in [0, 0.05) is 17.6 Å². The minimum absolute atomic E-state index is 0.0468. The van der Waals surface area contributed by atoms with Gasteiger partial charge in [0.2, 0.25) is 5.91 Å². The Bertz CT molecular complexity index is 465. The largest absolute Gasteiger partial charge is 0.508 e. The molecule has 104 valence electrons. The standard InChI is InChI=1S/C15H22N2O2/c1-11-9-12(5-6-13(11)18)17-14(19)10-15(16)7-3-2-4-8-15/h5-6,9,18H,2-4,7-8,10,16H2,1H3,(H,17,19). The van der Waals surface area contributed by atoms with E-state index in [4.69, 9.17) is 5.73 Å². The Hall–Kier alpha value is -1.55. The Morgan fingerprint density at radius 1 is 1.37 bits per heavy atom. The number of carbonyl (C=O) groups is 1. The summed E-state index contributed by atoms with van der Waals surface area (Å²) in [7, 11) is 0. The van der Waals surface area contributed by atoms with Crippen molar-refractivity contribution in [1.82, 2.24) is 0 Å². The van der Waals surface area contributed by atoms with Crippen molar-refractivity contribution >= 4 is 11.6 Å². The normalized spacial score (nSPS) is 18.0. The molecule has 1 aliphatic carbocycles. The molecule has 0 aliphatic heterocycles. The van der Waals surface area contributed by atoms with Crippen molar-refractivity contribution in [3.63, 3.8) is 0 Å². The van der Waals surface area contributed by atoms with Gasteiger partial charge >= 0.3 is 0 Å².